The predicted molar refractivity (Wildman–Crippen MR) is 97.7 cm³/mol. The predicted octanol–water partition coefficient (Wildman–Crippen LogP) is 0.976. The molecule has 1 unspecified atom stereocenters. The Morgan fingerprint density at radius 1 is 1.09 bits per heavy atom. The summed E-state index contributed by atoms with van der Waals surface area (Å²) in [5.74, 6) is 0. The molecule has 4 N–H and O–H groups in total. The molecule has 0 amide bonds. The number of aliphatic hydroxyl groups excluding tert-OH is 1. The Kier molecular flexibility index (Phi) is 12.9. The number of likely N-dealkylation sites (N-methyl/N-ethyl adjacent to an activating group) is 1. The van der Waals surface area contributed by atoms with Gasteiger partial charge in [0.15, 0.2) is 0 Å². The van der Waals surface area contributed by atoms with Gasteiger partial charge in [-0.25, -0.2) is 0 Å². The van der Waals surface area contributed by atoms with Crippen LogP contribution in [0.2, 0.25) is 0 Å². The molecule has 0 saturated carbocycles. The van der Waals surface area contributed by atoms with E-state index in [1.54, 1.807) is 0 Å². The van der Waals surface area contributed by atoms with Gasteiger partial charge in [0.05, 0.1) is 6.61 Å². The lowest BCUT2D eigenvalue weighted by atomic mass is 10.2. The van der Waals surface area contributed by atoms with Gasteiger partial charge in [-0.3, -0.25) is 4.90 Å². The fourth-order valence-electron chi connectivity index (χ4n) is 2.84. The highest BCUT2D eigenvalue weighted by atomic mass is 16.3. The molecular formula is C18H35N3O2. The molecule has 2 fully saturated rings. The zero-order valence-electron chi connectivity index (χ0n) is 15.0. The summed E-state index contributed by atoms with van der Waals surface area (Å²) in [5.41, 5.74) is 0.965. The molecule has 1 aromatic rings. The Hall–Kier alpha value is -0.980. The number of hydrogen-bond donors (Lipinski definition) is 2. The van der Waals surface area contributed by atoms with Crippen molar-refractivity contribution in [3.05, 3.63) is 35.9 Å². The Labute approximate surface area is 141 Å². The van der Waals surface area contributed by atoms with Gasteiger partial charge >= 0.3 is 0 Å². The molecule has 0 aliphatic carbocycles. The Morgan fingerprint density at radius 2 is 1.70 bits per heavy atom. The molecule has 2 aliphatic heterocycles. The largest absolute Gasteiger partial charge is 0.412 e. The van der Waals surface area contributed by atoms with Gasteiger partial charge in [-0.05, 0) is 25.6 Å². The van der Waals surface area contributed by atoms with Crippen LogP contribution in [0.5, 0.6) is 0 Å². The molecule has 134 valence electrons. The van der Waals surface area contributed by atoms with E-state index in [0.29, 0.717) is 0 Å². The number of likely N-dealkylation sites (tertiary alicyclic amines) is 1. The van der Waals surface area contributed by atoms with Crippen molar-refractivity contribution < 1.29 is 10.6 Å². The van der Waals surface area contributed by atoms with Crippen LogP contribution in [-0.4, -0.2) is 72.7 Å². The second kappa shape index (κ2) is 13.5. The van der Waals surface area contributed by atoms with E-state index in [2.05, 4.69) is 22.2 Å². The summed E-state index contributed by atoms with van der Waals surface area (Å²) in [4.78, 5) is 5.08. The van der Waals surface area contributed by atoms with Gasteiger partial charge in [0.2, 0.25) is 0 Å². The van der Waals surface area contributed by atoms with E-state index >= 15 is 0 Å². The van der Waals surface area contributed by atoms with Crippen molar-refractivity contribution >= 4 is 0 Å². The van der Waals surface area contributed by atoms with Gasteiger partial charge in [-0.2, -0.15) is 0 Å². The van der Waals surface area contributed by atoms with Crippen molar-refractivity contribution in [2.75, 3.05) is 46.3 Å². The smallest absolute Gasteiger partial charge is 0.0681 e. The van der Waals surface area contributed by atoms with Crippen LogP contribution in [0, 0.1) is 0 Å². The topological polar surface area (TPSA) is 70.2 Å². The highest BCUT2D eigenvalue weighted by Crippen LogP contribution is 2.13. The van der Waals surface area contributed by atoms with Crippen LogP contribution in [0.25, 0.3) is 0 Å². The first kappa shape index (κ1) is 22.0. The first-order chi connectivity index (χ1) is 10.8. The zero-order valence-corrected chi connectivity index (χ0v) is 15.0. The summed E-state index contributed by atoms with van der Waals surface area (Å²) < 4.78 is 0. The molecular weight excluding hydrogens is 290 g/mol. The van der Waals surface area contributed by atoms with E-state index in [9.17, 15) is 0 Å². The molecule has 0 spiro atoms. The fourth-order valence-corrected chi connectivity index (χ4v) is 2.84. The van der Waals surface area contributed by atoms with Gasteiger partial charge in [0, 0.05) is 38.8 Å². The van der Waals surface area contributed by atoms with Crippen LogP contribution < -0.4 is 5.32 Å². The van der Waals surface area contributed by atoms with Gasteiger partial charge < -0.3 is 20.8 Å². The molecule has 0 radical (unpaired) electrons. The van der Waals surface area contributed by atoms with Gasteiger partial charge in [-0.15, -0.1) is 0 Å². The van der Waals surface area contributed by atoms with Crippen LogP contribution >= 0.6 is 0 Å². The van der Waals surface area contributed by atoms with Crippen LogP contribution in [0.15, 0.2) is 30.3 Å². The fraction of sp³-hybridized carbons (Fsp3) is 0.667. The highest BCUT2D eigenvalue weighted by molar-refractivity contribution is 5.12. The molecule has 5 heteroatoms. The maximum absolute atomic E-state index is 8.54. The minimum absolute atomic E-state index is 0. The minimum atomic E-state index is 0. The normalized spacial score (nSPS) is 21.3. The molecule has 0 bridgehead atoms. The zero-order chi connectivity index (χ0) is 16.2. The van der Waals surface area contributed by atoms with Crippen molar-refractivity contribution in [1.82, 2.24) is 15.1 Å². The summed E-state index contributed by atoms with van der Waals surface area (Å²) in [5, 5.41) is 11.9. The maximum atomic E-state index is 8.54. The number of nitrogens with zero attached hydrogens (tertiary/aromatic N) is 2. The van der Waals surface area contributed by atoms with E-state index < -0.39 is 0 Å². The molecule has 2 saturated heterocycles. The standard InChI is InChI=1S/C9H19N3.C7H8O.C2H6.H2O/c1-11-5-2-9(8-11)12-6-3-10-4-7-12;8-6-7-4-2-1-3-5-7;1-2;/h9-10H,2-8H2,1H3;1-5,8H,6H2;1-2H3;1H2. The summed E-state index contributed by atoms with van der Waals surface area (Å²) in [6.07, 6.45) is 1.37. The minimum Gasteiger partial charge on any atom is -0.412 e. The number of benzene rings is 1. The van der Waals surface area contributed by atoms with Gasteiger partial charge in [-0.1, -0.05) is 44.2 Å². The first-order valence-corrected chi connectivity index (χ1v) is 8.57. The van der Waals surface area contributed by atoms with Gasteiger partial charge in [0.25, 0.3) is 0 Å². The monoisotopic (exact) mass is 325 g/mol. The summed E-state index contributed by atoms with van der Waals surface area (Å²) >= 11 is 0. The quantitative estimate of drug-likeness (QED) is 0.850. The SMILES string of the molecule is CC.CN1CCC(N2CCNCC2)C1.O.OCc1ccccc1. The van der Waals surface area contributed by atoms with Crippen molar-refractivity contribution in [3.63, 3.8) is 0 Å². The third-order valence-corrected chi connectivity index (χ3v) is 4.06. The van der Waals surface area contributed by atoms with E-state index in [1.165, 1.54) is 45.7 Å². The van der Waals surface area contributed by atoms with E-state index in [-0.39, 0.29) is 12.1 Å². The number of hydrogen-bond acceptors (Lipinski definition) is 4. The molecule has 1 aromatic carbocycles. The summed E-state index contributed by atoms with van der Waals surface area (Å²) in [6, 6.07) is 10.4. The average Bonchev–Trinajstić information content (AvgIpc) is 3.05. The number of nitrogens with one attached hydrogen (secondary N) is 1. The van der Waals surface area contributed by atoms with Crippen molar-refractivity contribution in [3.8, 4) is 0 Å². The van der Waals surface area contributed by atoms with Crippen molar-refractivity contribution in [1.29, 1.82) is 0 Å². The molecule has 5 nitrogen and oxygen atoms in total. The maximum Gasteiger partial charge on any atom is 0.0681 e. The highest BCUT2D eigenvalue weighted by Gasteiger charge is 2.25. The first-order valence-electron chi connectivity index (χ1n) is 8.57. The lowest BCUT2D eigenvalue weighted by Gasteiger charge is -2.32. The third-order valence-electron chi connectivity index (χ3n) is 4.06. The van der Waals surface area contributed by atoms with Crippen LogP contribution in [0.4, 0.5) is 0 Å². The van der Waals surface area contributed by atoms with E-state index in [0.717, 1.165) is 11.6 Å². The van der Waals surface area contributed by atoms with Crippen molar-refractivity contribution in [2.45, 2.75) is 32.9 Å². The van der Waals surface area contributed by atoms with Crippen LogP contribution in [-0.2, 0) is 6.61 Å². The number of piperazine rings is 1. The lowest BCUT2D eigenvalue weighted by molar-refractivity contribution is 0.175. The summed E-state index contributed by atoms with van der Waals surface area (Å²) in [6.45, 7) is 11.6. The van der Waals surface area contributed by atoms with E-state index in [4.69, 9.17) is 5.11 Å². The molecule has 23 heavy (non-hydrogen) atoms. The second-order valence-electron chi connectivity index (χ2n) is 5.63. The summed E-state index contributed by atoms with van der Waals surface area (Å²) in [7, 11) is 2.22. The number of aliphatic hydroxyl groups is 1. The Balaban J connectivity index is 0.000000388. The van der Waals surface area contributed by atoms with Crippen molar-refractivity contribution in [2.24, 2.45) is 0 Å². The van der Waals surface area contributed by atoms with Crippen LogP contribution in [0.3, 0.4) is 0 Å². The van der Waals surface area contributed by atoms with Crippen LogP contribution in [0.1, 0.15) is 25.8 Å². The van der Waals surface area contributed by atoms with E-state index in [1.807, 2.05) is 44.2 Å². The molecule has 3 rings (SSSR count). The molecule has 0 aromatic heterocycles. The number of rotatable bonds is 2. The Morgan fingerprint density at radius 3 is 2.13 bits per heavy atom. The molecule has 2 aliphatic rings. The second-order valence-corrected chi connectivity index (χ2v) is 5.63. The Bertz CT molecular complexity index is 367. The third kappa shape index (κ3) is 8.44. The average molecular weight is 325 g/mol. The lowest BCUT2D eigenvalue weighted by Crippen LogP contribution is -2.49. The molecule has 2 heterocycles. The molecule has 1 atom stereocenters. The van der Waals surface area contributed by atoms with Gasteiger partial charge in [0.1, 0.15) is 0 Å².